The number of nitrogens with zero attached hydrogens (tertiary/aromatic N) is 1. The van der Waals surface area contributed by atoms with Crippen LogP contribution in [0.4, 0.5) is 5.69 Å². The molecule has 5 heteroatoms. The summed E-state index contributed by atoms with van der Waals surface area (Å²) in [5, 5.41) is 4.66. The zero-order valence-electron chi connectivity index (χ0n) is 17.4. The van der Waals surface area contributed by atoms with Crippen LogP contribution in [0.25, 0.3) is 10.9 Å². The number of ether oxygens (including phenoxy) is 3. The van der Waals surface area contributed by atoms with Crippen LogP contribution in [0.3, 0.4) is 0 Å². The summed E-state index contributed by atoms with van der Waals surface area (Å²) in [6.45, 7) is 1.94. The Morgan fingerprint density at radius 1 is 1.14 bits per heavy atom. The Hall–Kier alpha value is -2.66. The predicted octanol–water partition coefficient (Wildman–Crippen LogP) is 4.69. The molecule has 1 aromatic carbocycles. The highest BCUT2D eigenvalue weighted by Crippen LogP contribution is 2.33. The van der Waals surface area contributed by atoms with E-state index in [9.17, 15) is 0 Å². The zero-order valence-corrected chi connectivity index (χ0v) is 17.4. The smallest absolute Gasteiger partial charge is 0.162 e. The van der Waals surface area contributed by atoms with Crippen molar-refractivity contribution in [1.29, 1.82) is 0 Å². The topological polar surface area (TPSA) is 44.7 Å². The Morgan fingerprint density at radius 2 is 1.89 bits per heavy atom. The molecule has 1 aromatic heterocycles. The van der Waals surface area contributed by atoms with Gasteiger partial charge in [0, 0.05) is 43.5 Å². The largest absolute Gasteiger partial charge is 0.493 e. The second kappa shape index (κ2) is 9.02. The van der Waals surface area contributed by atoms with Crippen molar-refractivity contribution in [2.24, 2.45) is 7.05 Å². The van der Waals surface area contributed by atoms with E-state index in [2.05, 4.69) is 35.1 Å². The first-order valence-corrected chi connectivity index (χ1v) is 9.63. The highest BCUT2D eigenvalue weighted by Gasteiger charge is 2.24. The van der Waals surface area contributed by atoms with E-state index in [1.165, 1.54) is 22.2 Å². The van der Waals surface area contributed by atoms with Crippen molar-refractivity contribution < 1.29 is 14.2 Å². The maximum Gasteiger partial charge on any atom is 0.162 e. The van der Waals surface area contributed by atoms with Crippen LogP contribution in [0, 0.1) is 0 Å². The minimum Gasteiger partial charge on any atom is -0.493 e. The summed E-state index contributed by atoms with van der Waals surface area (Å²) in [6, 6.07) is 6.51. The zero-order chi connectivity index (χ0) is 20.1. The molecule has 0 fully saturated rings. The van der Waals surface area contributed by atoms with Gasteiger partial charge in [0.25, 0.3) is 0 Å². The lowest BCUT2D eigenvalue weighted by atomic mass is 9.93. The van der Waals surface area contributed by atoms with Crippen molar-refractivity contribution in [2.45, 2.75) is 32.3 Å². The van der Waals surface area contributed by atoms with Crippen molar-refractivity contribution in [2.75, 3.05) is 26.6 Å². The molecule has 1 unspecified atom stereocenters. The van der Waals surface area contributed by atoms with Gasteiger partial charge in [-0.15, -0.1) is 0 Å². The number of hydrogen-bond acceptors (Lipinski definition) is 4. The average molecular weight is 383 g/mol. The summed E-state index contributed by atoms with van der Waals surface area (Å²) in [6.07, 6.45) is 11.0. The third kappa shape index (κ3) is 3.94. The molecule has 0 bridgehead atoms. The van der Waals surface area contributed by atoms with Crippen molar-refractivity contribution in [3.05, 3.63) is 65.4 Å². The summed E-state index contributed by atoms with van der Waals surface area (Å²) in [7, 11) is 7.23. The summed E-state index contributed by atoms with van der Waals surface area (Å²) in [5.41, 5.74) is 5.13. The highest BCUT2D eigenvalue weighted by molar-refractivity contribution is 5.88. The number of rotatable bonds is 7. The predicted molar refractivity (Wildman–Crippen MR) is 114 cm³/mol. The average Bonchev–Trinajstić information content (AvgIpc) is 3.01. The number of aryl methyl sites for hydroxylation is 1. The van der Waals surface area contributed by atoms with E-state index in [0.29, 0.717) is 17.6 Å². The number of hydrogen-bond donors (Lipinski definition) is 1. The molecule has 150 valence electrons. The fourth-order valence-corrected chi connectivity index (χ4v) is 3.90. The SMILES string of the molecule is C\C=C/C(OC)=C(\C=C\Nc1ccc2c3c(n(C)c2c1)CCC(OC)C3)OC. The molecule has 0 radical (unpaired) electrons. The van der Waals surface area contributed by atoms with Gasteiger partial charge >= 0.3 is 0 Å². The third-order valence-corrected chi connectivity index (χ3v) is 5.39. The molecular weight excluding hydrogens is 352 g/mol. The lowest BCUT2D eigenvalue weighted by Gasteiger charge is -2.22. The summed E-state index contributed by atoms with van der Waals surface area (Å²) in [4.78, 5) is 0. The molecule has 0 saturated heterocycles. The van der Waals surface area contributed by atoms with Gasteiger partial charge in [-0.25, -0.2) is 0 Å². The van der Waals surface area contributed by atoms with Gasteiger partial charge in [-0.3, -0.25) is 0 Å². The summed E-state index contributed by atoms with van der Waals surface area (Å²) >= 11 is 0. The molecule has 3 rings (SSSR count). The minimum absolute atomic E-state index is 0.324. The molecule has 0 aliphatic heterocycles. The first kappa shape index (κ1) is 20.1. The van der Waals surface area contributed by atoms with E-state index < -0.39 is 0 Å². The normalized spacial score (nSPS) is 17.8. The summed E-state index contributed by atoms with van der Waals surface area (Å²) in [5.74, 6) is 1.34. The van der Waals surface area contributed by atoms with E-state index in [4.69, 9.17) is 14.2 Å². The van der Waals surface area contributed by atoms with Crippen LogP contribution < -0.4 is 5.32 Å². The maximum absolute atomic E-state index is 5.60. The van der Waals surface area contributed by atoms with Crippen LogP contribution >= 0.6 is 0 Å². The second-order valence-electron chi connectivity index (χ2n) is 6.93. The molecular formula is C23H30N2O3. The van der Waals surface area contributed by atoms with Crippen LogP contribution in [-0.4, -0.2) is 32.0 Å². The van der Waals surface area contributed by atoms with E-state index in [0.717, 1.165) is 24.9 Å². The molecule has 1 N–H and O–H groups in total. The minimum atomic E-state index is 0.324. The van der Waals surface area contributed by atoms with Crippen LogP contribution in [0.5, 0.6) is 0 Å². The molecule has 0 amide bonds. The Morgan fingerprint density at radius 3 is 2.57 bits per heavy atom. The first-order valence-electron chi connectivity index (χ1n) is 9.63. The molecule has 1 aliphatic carbocycles. The Bertz CT molecular complexity index is 922. The molecule has 2 aromatic rings. The van der Waals surface area contributed by atoms with Gasteiger partial charge in [0.05, 0.1) is 25.8 Å². The van der Waals surface area contributed by atoms with Gasteiger partial charge in [0.1, 0.15) is 0 Å². The number of methoxy groups -OCH3 is 3. The van der Waals surface area contributed by atoms with Gasteiger partial charge in [-0.1, -0.05) is 12.1 Å². The first-order chi connectivity index (χ1) is 13.6. The maximum atomic E-state index is 5.60. The fraction of sp³-hybridized carbons (Fsp3) is 0.391. The number of aromatic nitrogens is 1. The van der Waals surface area contributed by atoms with Crippen molar-refractivity contribution in [3.63, 3.8) is 0 Å². The number of benzene rings is 1. The second-order valence-corrected chi connectivity index (χ2v) is 6.93. The Labute approximate surface area is 167 Å². The van der Waals surface area contributed by atoms with Crippen molar-refractivity contribution in [3.8, 4) is 0 Å². The van der Waals surface area contributed by atoms with Gasteiger partial charge in [-0.05, 0) is 49.6 Å². The number of anilines is 1. The Kier molecular flexibility index (Phi) is 6.47. The molecule has 1 atom stereocenters. The molecule has 1 heterocycles. The van der Waals surface area contributed by atoms with Gasteiger partial charge in [0.2, 0.25) is 0 Å². The Balaban J connectivity index is 1.85. The molecule has 0 saturated carbocycles. The van der Waals surface area contributed by atoms with Gasteiger partial charge in [-0.2, -0.15) is 0 Å². The van der Waals surface area contributed by atoms with Crippen LogP contribution in [-0.2, 0) is 34.1 Å². The molecule has 0 spiro atoms. The molecule has 5 nitrogen and oxygen atoms in total. The van der Waals surface area contributed by atoms with Crippen LogP contribution in [0.15, 0.2) is 54.1 Å². The third-order valence-electron chi connectivity index (χ3n) is 5.39. The quantitative estimate of drug-likeness (QED) is 0.557. The number of nitrogens with one attached hydrogen (secondary N) is 1. The van der Waals surface area contributed by atoms with E-state index >= 15 is 0 Å². The van der Waals surface area contributed by atoms with E-state index in [1.807, 2.05) is 38.5 Å². The van der Waals surface area contributed by atoms with Crippen LogP contribution in [0.2, 0.25) is 0 Å². The van der Waals surface area contributed by atoms with E-state index in [-0.39, 0.29) is 0 Å². The molecule has 1 aliphatic rings. The van der Waals surface area contributed by atoms with Gasteiger partial charge < -0.3 is 24.1 Å². The monoisotopic (exact) mass is 382 g/mol. The molecule has 28 heavy (non-hydrogen) atoms. The van der Waals surface area contributed by atoms with Crippen LogP contribution in [0.1, 0.15) is 24.6 Å². The van der Waals surface area contributed by atoms with E-state index in [1.54, 1.807) is 14.2 Å². The lowest BCUT2D eigenvalue weighted by molar-refractivity contribution is 0.0908. The highest BCUT2D eigenvalue weighted by atomic mass is 16.5. The number of allylic oxidation sites excluding steroid dienone is 3. The lowest BCUT2D eigenvalue weighted by Crippen LogP contribution is -2.21. The number of fused-ring (bicyclic) bond motifs is 3. The fourth-order valence-electron chi connectivity index (χ4n) is 3.90. The van der Waals surface area contributed by atoms with Crippen molar-refractivity contribution in [1.82, 2.24) is 4.57 Å². The summed E-state index contributed by atoms with van der Waals surface area (Å²) < 4.78 is 18.7. The van der Waals surface area contributed by atoms with Gasteiger partial charge in [0.15, 0.2) is 11.5 Å². The standard InChI is InChI=1S/C23H30N2O3/c1-6-7-22(27-4)23(28-5)12-13-24-16-8-10-18-19-15-17(26-3)9-11-20(19)25(2)21(18)14-16/h6-8,10,12-14,17,24H,9,11,15H2,1-5H3/b7-6-,13-12+,23-22-. The van der Waals surface area contributed by atoms with Crippen molar-refractivity contribution >= 4 is 16.6 Å².